The molecular formula is C22H34N2O3. The minimum atomic E-state index is -0.735. The normalized spacial score (nSPS) is 20.9. The molecule has 150 valence electrons. The number of ether oxygens (including phenoxy) is 2. The average Bonchev–Trinajstić information content (AvgIpc) is 3.53. The van der Waals surface area contributed by atoms with Gasteiger partial charge < -0.3 is 19.7 Å². The predicted octanol–water partition coefficient (Wildman–Crippen LogP) is 3.94. The summed E-state index contributed by atoms with van der Waals surface area (Å²) in [5.41, 5.74) is 0.0419. The van der Waals surface area contributed by atoms with Crippen molar-refractivity contribution in [1.29, 1.82) is 0 Å². The van der Waals surface area contributed by atoms with E-state index in [1.165, 1.54) is 25.9 Å². The summed E-state index contributed by atoms with van der Waals surface area (Å²) in [7, 11) is 1.61. The van der Waals surface area contributed by atoms with E-state index in [4.69, 9.17) is 9.47 Å². The molecule has 1 atom stereocenters. The number of likely N-dealkylation sites (tertiary alicyclic amines) is 1. The maximum absolute atomic E-state index is 12.5. The molecule has 0 aromatic heterocycles. The molecule has 3 rings (SSSR count). The van der Waals surface area contributed by atoms with Gasteiger partial charge in [0.05, 0.1) is 6.61 Å². The van der Waals surface area contributed by atoms with Gasteiger partial charge in [-0.05, 0) is 88.2 Å². The molecule has 1 N–H and O–H groups in total. The minimum absolute atomic E-state index is 0.0722. The van der Waals surface area contributed by atoms with Gasteiger partial charge in [0.1, 0.15) is 11.4 Å². The third kappa shape index (κ3) is 5.45. The van der Waals surface area contributed by atoms with Gasteiger partial charge in [-0.3, -0.25) is 4.79 Å². The molecule has 1 aliphatic carbocycles. The van der Waals surface area contributed by atoms with Crippen molar-refractivity contribution in [2.45, 2.75) is 51.6 Å². The van der Waals surface area contributed by atoms with Crippen LogP contribution >= 0.6 is 0 Å². The Bertz CT molecular complexity index is 606. The van der Waals surface area contributed by atoms with E-state index in [-0.39, 0.29) is 5.91 Å². The number of piperidine rings is 1. The lowest BCUT2D eigenvalue weighted by molar-refractivity contribution is -0.138. The van der Waals surface area contributed by atoms with Crippen LogP contribution in [0.1, 0.15) is 46.0 Å². The minimum Gasteiger partial charge on any atom is -0.494 e. The van der Waals surface area contributed by atoms with Gasteiger partial charge in [0.25, 0.3) is 5.91 Å². The quantitative estimate of drug-likeness (QED) is 0.665. The fourth-order valence-electron chi connectivity index (χ4n) is 3.73. The fourth-order valence-corrected chi connectivity index (χ4v) is 3.73. The third-order valence-electron chi connectivity index (χ3n) is 6.11. The number of carbonyl (C=O) groups is 1. The zero-order chi connectivity index (χ0) is 19.3. The first-order valence-corrected chi connectivity index (χ1v) is 10.3. The van der Waals surface area contributed by atoms with E-state index >= 15 is 0 Å². The lowest BCUT2D eigenvalue weighted by atomic mass is 9.99. The first kappa shape index (κ1) is 20.2. The molecule has 1 aromatic carbocycles. The zero-order valence-electron chi connectivity index (χ0n) is 17.0. The Hall–Kier alpha value is -1.59. The van der Waals surface area contributed by atoms with E-state index in [1.807, 2.05) is 31.2 Å². The van der Waals surface area contributed by atoms with Crippen LogP contribution in [0.4, 0.5) is 5.69 Å². The molecule has 2 fully saturated rings. The van der Waals surface area contributed by atoms with Crippen molar-refractivity contribution in [3.8, 4) is 5.75 Å². The second-order valence-electron chi connectivity index (χ2n) is 8.29. The molecule has 0 bridgehead atoms. The Morgan fingerprint density at radius 3 is 2.44 bits per heavy atom. The molecule has 0 radical (unpaired) electrons. The second-order valence-corrected chi connectivity index (χ2v) is 8.29. The molecule has 1 aromatic rings. The number of hydrogen-bond acceptors (Lipinski definition) is 4. The van der Waals surface area contributed by atoms with Crippen LogP contribution in [0.5, 0.6) is 5.75 Å². The van der Waals surface area contributed by atoms with Gasteiger partial charge in [-0.15, -0.1) is 0 Å². The Morgan fingerprint density at radius 1 is 1.19 bits per heavy atom. The average molecular weight is 375 g/mol. The molecule has 1 saturated carbocycles. The lowest BCUT2D eigenvalue weighted by Crippen LogP contribution is -2.43. The van der Waals surface area contributed by atoms with E-state index in [0.29, 0.717) is 5.92 Å². The predicted molar refractivity (Wildman–Crippen MR) is 108 cm³/mol. The van der Waals surface area contributed by atoms with Gasteiger partial charge in [0.2, 0.25) is 0 Å². The van der Waals surface area contributed by atoms with Crippen molar-refractivity contribution in [1.82, 2.24) is 4.90 Å². The van der Waals surface area contributed by atoms with Gasteiger partial charge in [-0.2, -0.15) is 0 Å². The molecule has 1 heterocycles. The highest BCUT2D eigenvalue weighted by Crippen LogP contribution is 2.42. The van der Waals surface area contributed by atoms with Crippen LogP contribution in [0.25, 0.3) is 0 Å². The number of benzene rings is 1. The highest BCUT2D eigenvalue weighted by atomic mass is 16.5. The number of methoxy groups -OCH3 is 1. The van der Waals surface area contributed by atoms with E-state index in [9.17, 15) is 4.79 Å². The first-order chi connectivity index (χ1) is 13.0. The van der Waals surface area contributed by atoms with Gasteiger partial charge in [-0.1, -0.05) is 6.92 Å². The number of nitrogens with one attached hydrogen (secondary N) is 1. The summed E-state index contributed by atoms with van der Waals surface area (Å²) >= 11 is 0. The summed E-state index contributed by atoms with van der Waals surface area (Å²) in [5, 5.41) is 2.97. The van der Waals surface area contributed by atoms with Crippen LogP contribution in [0, 0.1) is 11.8 Å². The monoisotopic (exact) mass is 374 g/mol. The summed E-state index contributed by atoms with van der Waals surface area (Å²) in [4.78, 5) is 15.1. The lowest BCUT2D eigenvalue weighted by Gasteiger charge is -2.30. The van der Waals surface area contributed by atoms with Crippen molar-refractivity contribution in [3.63, 3.8) is 0 Å². The van der Waals surface area contributed by atoms with Gasteiger partial charge in [0, 0.05) is 19.3 Å². The molecule has 5 nitrogen and oxygen atoms in total. The Morgan fingerprint density at radius 2 is 1.85 bits per heavy atom. The molecule has 1 saturated heterocycles. The first-order valence-electron chi connectivity index (χ1n) is 10.3. The summed E-state index contributed by atoms with van der Waals surface area (Å²) in [5.74, 6) is 1.98. The number of hydrogen-bond donors (Lipinski definition) is 1. The van der Waals surface area contributed by atoms with Crippen LogP contribution in [0.15, 0.2) is 24.3 Å². The molecule has 2 aliphatic rings. The van der Waals surface area contributed by atoms with Crippen LogP contribution in [-0.2, 0) is 9.53 Å². The maximum Gasteiger partial charge on any atom is 0.256 e. The van der Waals surface area contributed by atoms with E-state index in [1.54, 1.807) is 7.11 Å². The van der Waals surface area contributed by atoms with Crippen molar-refractivity contribution in [2.24, 2.45) is 11.8 Å². The Balaban J connectivity index is 1.39. The van der Waals surface area contributed by atoms with E-state index in [0.717, 1.165) is 49.8 Å². The molecule has 1 aliphatic heterocycles. The van der Waals surface area contributed by atoms with Gasteiger partial charge in [-0.25, -0.2) is 0 Å². The number of rotatable bonds is 9. The number of amides is 1. The van der Waals surface area contributed by atoms with Crippen molar-refractivity contribution >= 4 is 11.6 Å². The summed E-state index contributed by atoms with van der Waals surface area (Å²) in [6, 6.07) is 7.61. The van der Waals surface area contributed by atoms with Gasteiger partial charge in [0.15, 0.2) is 0 Å². The Kier molecular flexibility index (Phi) is 6.77. The van der Waals surface area contributed by atoms with Crippen molar-refractivity contribution < 1.29 is 14.3 Å². The zero-order valence-corrected chi connectivity index (χ0v) is 17.0. The highest BCUT2D eigenvalue weighted by molar-refractivity contribution is 5.97. The van der Waals surface area contributed by atoms with Crippen LogP contribution < -0.4 is 10.1 Å². The topological polar surface area (TPSA) is 50.8 Å². The standard InChI is InChI=1S/C22H34N2O3/c1-17-11-14-24(15-12-17)13-4-16-27-20-9-7-19(8-10-20)23-21(25)22(2,26-3)18-5-6-18/h7-10,17-18H,4-6,11-16H2,1-3H3,(H,23,25)/t22-/m1/s1. The summed E-state index contributed by atoms with van der Waals surface area (Å²) in [6.45, 7) is 8.49. The summed E-state index contributed by atoms with van der Waals surface area (Å²) in [6.07, 6.45) is 5.79. The largest absolute Gasteiger partial charge is 0.494 e. The van der Waals surface area contributed by atoms with E-state index in [2.05, 4.69) is 17.1 Å². The number of anilines is 1. The number of carbonyl (C=O) groups excluding carboxylic acids is 1. The summed E-state index contributed by atoms with van der Waals surface area (Å²) < 4.78 is 11.4. The molecule has 27 heavy (non-hydrogen) atoms. The van der Waals surface area contributed by atoms with Crippen LogP contribution in [0.3, 0.4) is 0 Å². The smallest absolute Gasteiger partial charge is 0.256 e. The maximum atomic E-state index is 12.5. The van der Waals surface area contributed by atoms with Crippen LogP contribution in [-0.4, -0.2) is 49.8 Å². The molecule has 0 unspecified atom stereocenters. The molecule has 1 amide bonds. The van der Waals surface area contributed by atoms with E-state index < -0.39 is 5.60 Å². The molecule has 5 heteroatoms. The molecule has 0 spiro atoms. The second kappa shape index (κ2) is 9.07. The van der Waals surface area contributed by atoms with Gasteiger partial charge >= 0.3 is 0 Å². The fraction of sp³-hybridized carbons (Fsp3) is 0.682. The SMILES string of the molecule is CO[C@@](C)(C(=O)Nc1ccc(OCCCN2CCC(C)CC2)cc1)C1CC1. The molecular weight excluding hydrogens is 340 g/mol. The Labute approximate surface area is 163 Å². The highest BCUT2D eigenvalue weighted by Gasteiger charge is 2.47. The van der Waals surface area contributed by atoms with Crippen molar-refractivity contribution in [2.75, 3.05) is 38.7 Å². The van der Waals surface area contributed by atoms with Crippen LogP contribution in [0.2, 0.25) is 0 Å². The van der Waals surface area contributed by atoms with Crippen molar-refractivity contribution in [3.05, 3.63) is 24.3 Å². The number of nitrogens with zero attached hydrogens (tertiary/aromatic N) is 1. The third-order valence-corrected chi connectivity index (χ3v) is 6.11.